The topological polar surface area (TPSA) is 46.6 Å². The fourth-order valence-corrected chi connectivity index (χ4v) is 3.57. The molecule has 4 nitrogen and oxygen atoms in total. The monoisotopic (exact) mass is 289 g/mol. The van der Waals surface area contributed by atoms with Gasteiger partial charge < -0.3 is 4.74 Å². The van der Waals surface area contributed by atoms with Crippen molar-refractivity contribution in [2.75, 3.05) is 13.3 Å². The van der Waals surface area contributed by atoms with Crippen LogP contribution in [0.15, 0.2) is 65.6 Å². The minimum atomic E-state index is -3.47. The molecule has 0 aromatic heterocycles. The van der Waals surface area contributed by atoms with E-state index in [-0.39, 0.29) is 12.8 Å². The van der Waals surface area contributed by atoms with Gasteiger partial charge in [-0.1, -0.05) is 48.5 Å². The van der Waals surface area contributed by atoms with E-state index in [1.54, 1.807) is 30.3 Å². The Hall–Kier alpha value is -1.69. The predicted molar refractivity (Wildman–Crippen MR) is 75.5 cm³/mol. The van der Waals surface area contributed by atoms with Crippen LogP contribution in [0.3, 0.4) is 0 Å². The predicted octanol–water partition coefficient (Wildman–Crippen LogP) is 2.41. The number of nitrogens with zero attached hydrogens (tertiary/aromatic N) is 1. The fraction of sp³-hybridized carbons (Fsp3) is 0.200. The van der Waals surface area contributed by atoms with Crippen molar-refractivity contribution >= 4 is 10.0 Å². The van der Waals surface area contributed by atoms with Gasteiger partial charge in [-0.15, -0.1) is 0 Å². The fourth-order valence-electron chi connectivity index (χ4n) is 2.24. The lowest BCUT2D eigenvalue weighted by Crippen LogP contribution is -2.28. The van der Waals surface area contributed by atoms with Gasteiger partial charge in [-0.2, -0.15) is 4.31 Å². The molecule has 0 aliphatic carbocycles. The summed E-state index contributed by atoms with van der Waals surface area (Å²) in [5.41, 5.74) is 0.998. The maximum absolute atomic E-state index is 12.5. The highest BCUT2D eigenvalue weighted by molar-refractivity contribution is 7.89. The summed E-state index contributed by atoms with van der Waals surface area (Å²) in [6.07, 6.45) is -0.199. The Kier molecular flexibility index (Phi) is 3.56. The molecule has 1 aliphatic rings. The van der Waals surface area contributed by atoms with Gasteiger partial charge in [-0.25, -0.2) is 8.42 Å². The van der Waals surface area contributed by atoms with E-state index in [0.29, 0.717) is 11.4 Å². The highest BCUT2D eigenvalue weighted by Crippen LogP contribution is 2.28. The maximum atomic E-state index is 12.5. The van der Waals surface area contributed by atoms with Crippen molar-refractivity contribution in [3.05, 3.63) is 66.2 Å². The SMILES string of the molecule is O=S(=O)(c1ccccc1)N1COC(c2ccccc2)C1. The Balaban J connectivity index is 1.81. The summed E-state index contributed by atoms with van der Waals surface area (Å²) in [6.45, 7) is 0.442. The molecule has 1 aliphatic heterocycles. The number of rotatable bonds is 3. The number of hydrogen-bond donors (Lipinski definition) is 0. The average Bonchev–Trinajstić information content (AvgIpc) is 3.00. The molecule has 1 atom stereocenters. The average molecular weight is 289 g/mol. The minimum absolute atomic E-state index is 0.0940. The van der Waals surface area contributed by atoms with Gasteiger partial charge in [0.25, 0.3) is 0 Å². The van der Waals surface area contributed by atoms with E-state index in [1.165, 1.54) is 4.31 Å². The van der Waals surface area contributed by atoms with Crippen LogP contribution in [0.2, 0.25) is 0 Å². The molecule has 0 N–H and O–H groups in total. The largest absolute Gasteiger partial charge is 0.356 e. The lowest BCUT2D eigenvalue weighted by atomic mass is 10.1. The molecule has 2 aromatic carbocycles. The summed E-state index contributed by atoms with van der Waals surface area (Å²) in [5.74, 6) is 0. The molecule has 104 valence electrons. The van der Waals surface area contributed by atoms with Crippen LogP contribution in [0.1, 0.15) is 11.7 Å². The van der Waals surface area contributed by atoms with Crippen LogP contribution in [-0.2, 0) is 14.8 Å². The first-order valence-corrected chi connectivity index (χ1v) is 7.84. The molecule has 5 heteroatoms. The third-order valence-corrected chi connectivity index (χ3v) is 5.14. The maximum Gasteiger partial charge on any atom is 0.245 e. The number of benzene rings is 2. The van der Waals surface area contributed by atoms with Crippen LogP contribution in [0.4, 0.5) is 0 Å². The Labute approximate surface area is 118 Å². The van der Waals surface area contributed by atoms with Crippen molar-refractivity contribution in [3.8, 4) is 0 Å². The van der Waals surface area contributed by atoms with E-state index < -0.39 is 10.0 Å². The van der Waals surface area contributed by atoms with Gasteiger partial charge in [0.2, 0.25) is 10.0 Å². The van der Waals surface area contributed by atoms with E-state index in [9.17, 15) is 8.42 Å². The molecule has 20 heavy (non-hydrogen) atoms. The molecule has 2 aromatic rings. The van der Waals surface area contributed by atoms with E-state index in [1.807, 2.05) is 30.3 Å². The quantitative estimate of drug-likeness (QED) is 0.871. The van der Waals surface area contributed by atoms with Crippen molar-refractivity contribution < 1.29 is 13.2 Å². The van der Waals surface area contributed by atoms with Crippen molar-refractivity contribution in [2.24, 2.45) is 0 Å². The van der Waals surface area contributed by atoms with Crippen molar-refractivity contribution in [1.29, 1.82) is 0 Å². The van der Waals surface area contributed by atoms with Gasteiger partial charge in [0.15, 0.2) is 0 Å². The second kappa shape index (κ2) is 5.36. The van der Waals surface area contributed by atoms with E-state index in [4.69, 9.17) is 4.74 Å². The summed E-state index contributed by atoms with van der Waals surface area (Å²) in [4.78, 5) is 0.303. The van der Waals surface area contributed by atoms with Crippen LogP contribution >= 0.6 is 0 Å². The van der Waals surface area contributed by atoms with Gasteiger partial charge in [0.05, 0.1) is 11.0 Å². The number of hydrogen-bond acceptors (Lipinski definition) is 3. The summed E-state index contributed by atoms with van der Waals surface area (Å²) in [5, 5.41) is 0. The molecule has 0 saturated carbocycles. The highest BCUT2D eigenvalue weighted by Gasteiger charge is 2.33. The summed E-state index contributed by atoms with van der Waals surface area (Å²) in [7, 11) is -3.47. The van der Waals surface area contributed by atoms with E-state index in [0.717, 1.165) is 5.56 Å². The first kappa shape index (κ1) is 13.3. The lowest BCUT2D eigenvalue weighted by Gasteiger charge is -2.14. The Morgan fingerprint density at radius 3 is 2.20 bits per heavy atom. The molecular weight excluding hydrogens is 274 g/mol. The zero-order chi connectivity index (χ0) is 14.0. The van der Waals surface area contributed by atoms with Gasteiger partial charge in [-0.3, -0.25) is 0 Å². The molecule has 1 fully saturated rings. The Morgan fingerprint density at radius 1 is 0.950 bits per heavy atom. The molecular formula is C15H15NO3S. The standard InChI is InChI=1S/C15H15NO3S/c17-20(18,14-9-5-2-6-10-14)16-11-15(19-12-16)13-7-3-1-4-8-13/h1-10,15H,11-12H2. The molecule has 0 amide bonds. The Morgan fingerprint density at radius 2 is 1.55 bits per heavy atom. The minimum Gasteiger partial charge on any atom is -0.356 e. The molecule has 1 saturated heterocycles. The zero-order valence-corrected chi connectivity index (χ0v) is 11.7. The summed E-state index contributed by atoms with van der Waals surface area (Å²) < 4.78 is 31.9. The summed E-state index contributed by atoms with van der Waals surface area (Å²) >= 11 is 0. The lowest BCUT2D eigenvalue weighted by molar-refractivity contribution is 0.104. The van der Waals surface area contributed by atoms with E-state index >= 15 is 0 Å². The normalized spacial score (nSPS) is 20.1. The molecule has 1 heterocycles. The third-order valence-electron chi connectivity index (χ3n) is 3.34. The van der Waals surface area contributed by atoms with Crippen LogP contribution in [0.5, 0.6) is 0 Å². The smallest absolute Gasteiger partial charge is 0.245 e. The van der Waals surface area contributed by atoms with Gasteiger partial charge in [0, 0.05) is 6.54 Å². The second-order valence-corrected chi connectivity index (χ2v) is 6.59. The van der Waals surface area contributed by atoms with Crippen LogP contribution in [-0.4, -0.2) is 26.0 Å². The Bertz CT molecular complexity index is 671. The van der Waals surface area contributed by atoms with Crippen LogP contribution in [0, 0.1) is 0 Å². The van der Waals surface area contributed by atoms with Crippen LogP contribution in [0.25, 0.3) is 0 Å². The number of ether oxygens (including phenoxy) is 1. The first-order chi connectivity index (χ1) is 9.68. The number of sulfonamides is 1. The molecule has 0 bridgehead atoms. The van der Waals surface area contributed by atoms with Crippen molar-refractivity contribution in [1.82, 2.24) is 4.31 Å². The van der Waals surface area contributed by atoms with Crippen molar-refractivity contribution in [2.45, 2.75) is 11.0 Å². The highest BCUT2D eigenvalue weighted by atomic mass is 32.2. The molecule has 0 radical (unpaired) electrons. The van der Waals surface area contributed by atoms with Crippen molar-refractivity contribution in [3.63, 3.8) is 0 Å². The zero-order valence-electron chi connectivity index (χ0n) is 10.8. The summed E-state index contributed by atoms with van der Waals surface area (Å²) in [6, 6.07) is 18.1. The van der Waals surface area contributed by atoms with E-state index in [2.05, 4.69) is 0 Å². The van der Waals surface area contributed by atoms with Gasteiger partial charge >= 0.3 is 0 Å². The molecule has 3 rings (SSSR count). The molecule has 1 unspecified atom stereocenters. The van der Waals surface area contributed by atoms with Crippen LogP contribution < -0.4 is 0 Å². The third kappa shape index (κ3) is 2.47. The second-order valence-electron chi connectivity index (χ2n) is 4.65. The van der Waals surface area contributed by atoms with Gasteiger partial charge in [-0.05, 0) is 17.7 Å². The first-order valence-electron chi connectivity index (χ1n) is 6.40. The van der Waals surface area contributed by atoms with Gasteiger partial charge in [0.1, 0.15) is 6.73 Å². The molecule has 0 spiro atoms.